The predicted molar refractivity (Wildman–Crippen MR) is 95.4 cm³/mol. The zero-order valence-corrected chi connectivity index (χ0v) is 14.5. The number of carboxylic acid groups (broad SMARTS) is 2. The number of nitrogens with two attached hydrogens (primary N) is 1. The van der Waals surface area contributed by atoms with E-state index < -0.39 is 40.3 Å². The molecule has 9 heteroatoms. The second-order valence-electron chi connectivity index (χ2n) is 5.81. The first-order chi connectivity index (χ1) is 12.8. The molecule has 1 aromatic carbocycles. The third-order valence-corrected chi connectivity index (χ3v) is 3.91. The van der Waals surface area contributed by atoms with Crippen LogP contribution in [0.15, 0.2) is 23.0 Å². The summed E-state index contributed by atoms with van der Waals surface area (Å²) < 4.78 is 19.2. The topological polar surface area (TPSA) is 143 Å². The number of nitrogen functional groups attached to an aromatic ring is 1. The van der Waals surface area contributed by atoms with Crippen molar-refractivity contribution in [1.29, 1.82) is 0 Å². The van der Waals surface area contributed by atoms with Crippen molar-refractivity contribution in [3.63, 3.8) is 0 Å². The highest BCUT2D eigenvalue weighted by Gasteiger charge is 2.28. The number of carbonyl (C=O) groups is 2. The molecule has 27 heavy (non-hydrogen) atoms. The summed E-state index contributed by atoms with van der Waals surface area (Å²) in [6, 6.07) is 3.36. The van der Waals surface area contributed by atoms with Gasteiger partial charge in [0.15, 0.2) is 0 Å². The number of aromatic carboxylic acids is 2. The molecule has 0 atom stereocenters. The number of nitrogens with one attached hydrogen (secondary N) is 1. The minimum Gasteiger partial charge on any atom is -0.478 e. The summed E-state index contributed by atoms with van der Waals surface area (Å²) in [5, 5.41) is 18.9. The van der Waals surface area contributed by atoms with E-state index in [1.54, 1.807) is 0 Å². The summed E-state index contributed by atoms with van der Waals surface area (Å²) in [7, 11) is 0. The van der Waals surface area contributed by atoms with Gasteiger partial charge in [0.05, 0.1) is 6.61 Å². The Morgan fingerprint density at radius 1 is 1.22 bits per heavy atom. The van der Waals surface area contributed by atoms with Crippen LogP contribution in [0.1, 0.15) is 46.0 Å². The lowest BCUT2D eigenvalue weighted by Gasteiger charge is -2.16. The van der Waals surface area contributed by atoms with Gasteiger partial charge in [-0.25, -0.2) is 14.0 Å². The second kappa shape index (κ2) is 8.45. The van der Waals surface area contributed by atoms with E-state index in [0.29, 0.717) is 6.61 Å². The number of ether oxygens (including phenoxy) is 1. The van der Waals surface area contributed by atoms with E-state index in [-0.39, 0.29) is 23.3 Å². The maximum atomic E-state index is 13.7. The summed E-state index contributed by atoms with van der Waals surface area (Å²) in [6.45, 7) is 2.27. The minimum absolute atomic E-state index is 0.0560. The molecule has 2 rings (SSSR count). The van der Waals surface area contributed by atoms with Crippen LogP contribution in [0.3, 0.4) is 0 Å². The highest BCUT2D eigenvalue weighted by molar-refractivity contribution is 6.07. The lowest BCUT2D eigenvalue weighted by atomic mass is 9.92. The van der Waals surface area contributed by atoms with Crippen LogP contribution >= 0.6 is 0 Å². The Hall–Kier alpha value is -3.20. The highest BCUT2D eigenvalue weighted by atomic mass is 19.1. The zero-order valence-electron chi connectivity index (χ0n) is 14.5. The summed E-state index contributed by atoms with van der Waals surface area (Å²) in [5.74, 6) is -4.26. The molecule has 0 aliphatic heterocycles. The Labute approximate surface area is 153 Å². The summed E-state index contributed by atoms with van der Waals surface area (Å²) in [4.78, 5) is 37.4. The van der Waals surface area contributed by atoms with Gasteiger partial charge in [-0.2, -0.15) is 0 Å². The van der Waals surface area contributed by atoms with Crippen LogP contribution in [-0.4, -0.2) is 33.7 Å². The first-order valence-corrected chi connectivity index (χ1v) is 8.16. The normalized spacial score (nSPS) is 10.7. The Morgan fingerprint density at radius 3 is 2.48 bits per heavy atom. The lowest BCUT2D eigenvalue weighted by Crippen LogP contribution is -2.24. The van der Waals surface area contributed by atoms with E-state index in [9.17, 15) is 29.0 Å². The number of aromatic nitrogens is 1. The van der Waals surface area contributed by atoms with E-state index >= 15 is 0 Å². The standard InChI is InChI=1S/C18H19FN2O6/c1-2-3-6-27-8-9-7-10(19)4-5-11(9)12-13(17(23)24)15(20)21-16(22)14(12)18(25)26/h4-5,7H,2-3,6,8H2,1H3,(H,23,24)(H,25,26)(H3,20,21,22). The van der Waals surface area contributed by atoms with Gasteiger partial charge < -0.3 is 25.7 Å². The molecule has 0 amide bonds. The van der Waals surface area contributed by atoms with Crippen LogP contribution < -0.4 is 11.3 Å². The van der Waals surface area contributed by atoms with Gasteiger partial charge in [-0.3, -0.25) is 4.79 Å². The van der Waals surface area contributed by atoms with Crippen molar-refractivity contribution in [2.45, 2.75) is 26.4 Å². The molecule has 1 heterocycles. The van der Waals surface area contributed by atoms with Gasteiger partial charge in [-0.05, 0) is 29.7 Å². The molecular weight excluding hydrogens is 359 g/mol. The number of carboxylic acids is 2. The van der Waals surface area contributed by atoms with Crippen LogP contribution in [-0.2, 0) is 11.3 Å². The fourth-order valence-electron chi connectivity index (χ4n) is 2.67. The molecule has 0 fully saturated rings. The number of hydrogen-bond acceptors (Lipinski definition) is 5. The van der Waals surface area contributed by atoms with E-state index in [1.165, 1.54) is 6.07 Å². The molecule has 144 valence electrons. The van der Waals surface area contributed by atoms with Crippen molar-refractivity contribution in [3.05, 3.63) is 51.1 Å². The van der Waals surface area contributed by atoms with Crippen molar-refractivity contribution < 1.29 is 28.9 Å². The molecule has 0 saturated carbocycles. The van der Waals surface area contributed by atoms with Crippen molar-refractivity contribution in [3.8, 4) is 11.1 Å². The van der Waals surface area contributed by atoms with Crippen LogP contribution in [0.2, 0.25) is 0 Å². The minimum atomic E-state index is -1.63. The van der Waals surface area contributed by atoms with Gasteiger partial charge in [0.1, 0.15) is 22.8 Å². The lowest BCUT2D eigenvalue weighted by molar-refractivity contribution is 0.0695. The number of benzene rings is 1. The molecule has 0 bridgehead atoms. The van der Waals surface area contributed by atoms with Crippen molar-refractivity contribution in [2.24, 2.45) is 0 Å². The molecule has 0 spiro atoms. The number of pyridine rings is 1. The first-order valence-electron chi connectivity index (χ1n) is 8.16. The summed E-state index contributed by atoms with van der Waals surface area (Å²) in [6.07, 6.45) is 1.65. The molecule has 0 saturated heterocycles. The molecule has 0 aliphatic rings. The maximum absolute atomic E-state index is 13.7. The smallest absolute Gasteiger partial charge is 0.342 e. The maximum Gasteiger partial charge on any atom is 0.342 e. The average Bonchev–Trinajstić information content (AvgIpc) is 2.57. The number of H-pyrrole nitrogens is 1. The Bertz CT molecular complexity index is 938. The molecule has 1 aromatic heterocycles. The van der Waals surface area contributed by atoms with Gasteiger partial charge in [0.25, 0.3) is 5.56 Å². The highest BCUT2D eigenvalue weighted by Crippen LogP contribution is 2.32. The average molecular weight is 378 g/mol. The first kappa shape index (κ1) is 20.1. The zero-order chi connectivity index (χ0) is 20.1. The third-order valence-electron chi connectivity index (χ3n) is 3.91. The summed E-state index contributed by atoms with van der Waals surface area (Å²) >= 11 is 0. The quantitative estimate of drug-likeness (QED) is 0.517. The number of rotatable bonds is 8. The number of halogens is 1. The van der Waals surface area contributed by atoms with E-state index in [4.69, 9.17) is 10.5 Å². The Morgan fingerprint density at radius 2 is 1.89 bits per heavy atom. The molecule has 0 unspecified atom stereocenters. The van der Waals surface area contributed by atoms with Crippen LogP contribution in [0.5, 0.6) is 0 Å². The fraction of sp³-hybridized carbons (Fsp3) is 0.278. The van der Waals surface area contributed by atoms with Gasteiger partial charge in [-0.15, -0.1) is 0 Å². The van der Waals surface area contributed by atoms with E-state index in [0.717, 1.165) is 25.0 Å². The fourth-order valence-corrected chi connectivity index (χ4v) is 2.67. The third kappa shape index (κ3) is 4.32. The second-order valence-corrected chi connectivity index (χ2v) is 5.81. The van der Waals surface area contributed by atoms with Gasteiger partial charge >= 0.3 is 11.9 Å². The van der Waals surface area contributed by atoms with Gasteiger partial charge in [0.2, 0.25) is 0 Å². The van der Waals surface area contributed by atoms with Crippen LogP contribution in [0.4, 0.5) is 10.2 Å². The monoisotopic (exact) mass is 378 g/mol. The molecule has 0 radical (unpaired) electrons. The number of unbranched alkanes of at least 4 members (excludes halogenated alkanes) is 1. The number of hydrogen-bond donors (Lipinski definition) is 4. The van der Waals surface area contributed by atoms with Crippen LogP contribution in [0.25, 0.3) is 11.1 Å². The molecule has 2 aromatic rings. The van der Waals surface area contributed by atoms with Crippen molar-refractivity contribution in [2.75, 3.05) is 12.3 Å². The molecule has 0 aliphatic carbocycles. The molecule has 8 nitrogen and oxygen atoms in total. The van der Waals surface area contributed by atoms with Gasteiger partial charge in [0, 0.05) is 12.2 Å². The van der Waals surface area contributed by atoms with Crippen molar-refractivity contribution >= 4 is 17.8 Å². The van der Waals surface area contributed by atoms with Gasteiger partial charge in [-0.1, -0.05) is 19.4 Å². The SMILES string of the molecule is CCCCOCc1cc(F)ccc1-c1c(C(=O)O)c(N)[nH]c(=O)c1C(=O)O. The Kier molecular flexibility index (Phi) is 6.30. The van der Waals surface area contributed by atoms with E-state index in [2.05, 4.69) is 0 Å². The van der Waals surface area contributed by atoms with E-state index in [1.807, 2.05) is 11.9 Å². The van der Waals surface area contributed by atoms with Crippen molar-refractivity contribution in [1.82, 2.24) is 4.98 Å². The number of anilines is 1. The summed E-state index contributed by atoms with van der Waals surface area (Å²) in [5.41, 5.74) is 3.08. The van der Waals surface area contributed by atoms with Crippen LogP contribution in [0, 0.1) is 5.82 Å². The predicted octanol–water partition coefficient (Wildman–Crippen LogP) is 2.48. The molecule has 5 N–H and O–H groups in total. The largest absolute Gasteiger partial charge is 0.478 e. The Balaban J connectivity index is 2.75. The molecular formula is C18H19FN2O6. The number of aromatic amines is 1.